The maximum atomic E-state index is 12.0. The normalized spacial score (nSPS) is 14.8. The van der Waals surface area contributed by atoms with E-state index in [2.05, 4.69) is 44.1 Å². The van der Waals surface area contributed by atoms with Gasteiger partial charge in [0.1, 0.15) is 0 Å². The molecule has 2 aromatic heterocycles. The van der Waals surface area contributed by atoms with Crippen LogP contribution < -0.4 is 11.3 Å². The van der Waals surface area contributed by atoms with E-state index in [1.165, 1.54) is 5.56 Å². The van der Waals surface area contributed by atoms with Crippen LogP contribution in [0.15, 0.2) is 41.2 Å². The molecule has 0 atom stereocenters. The first-order valence-electron chi connectivity index (χ1n) is 7.63. The van der Waals surface area contributed by atoms with E-state index in [0.717, 1.165) is 37.3 Å². The molecule has 0 bridgehead atoms. The minimum atomic E-state index is -0.227. The quantitative estimate of drug-likeness (QED) is 0.748. The highest BCUT2D eigenvalue weighted by Gasteiger charge is 2.19. The zero-order valence-corrected chi connectivity index (χ0v) is 12.6. The van der Waals surface area contributed by atoms with Crippen molar-refractivity contribution in [1.82, 2.24) is 19.9 Å². The molecule has 0 aliphatic carbocycles. The van der Waals surface area contributed by atoms with Gasteiger partial charge in [0.05, 0.1) is 11.1 Å². The van der Waals surface area contributed by atoms with Gasteiger partial charge in [-0.1, -0.05) is 30.3 Å². The van der Waals surface area contributed by atoms with E-state index in [1.807, 2.05) is 12.1 Å². The number of pyridine rings is 1. The fourth-order valence-corrected chi connectivity index (χ4v) is 3.06. The number of fused-ring (bicyclic) bond motifs is 2. The summed E-state index contributed by atoms with van der Waals surface area (Å²) in [6.45, 7) is 2.61. The number of nitrogen functional groups attached to an aromatic ring is 1. The van der Waals surface area contributed by atoms with Crippen molar-refractivity contribution in [3.8, 4) is 0 Å². The molecule has 6 nitrogen and oxygen atoms in total. The van der Waals surface area contributed by atoms with Gasteiger partial charge in [-0.05, 0) is 23.6 Å². The van der Waals surface area contributed by atoms with Crippen LogP contribution in [0.3, 0.4) is 0 Å². The van der Waals surface area contributed by atoms with Gasteiger partial charge in [-0.15, -0.1) is 0 Å². The van der Waals surface area contributed by atoms with E-state index in [1.54, 1.807) is 0 Å². The summed E-state index contributed by atoms with van der Waals surface area (Å²) in [6.07, 6.45) is 0.884. The lowest BCUT2D eigenvalue weighted by Gasteiger charge is -2.28. The van der Waals surface area contributed by atoms with Crippen LogP contribution in [0.1, 0.15) is 16.8 Å². The largest absolute Gasteiger partial charge is 0.369 e. The first-order chi connectivity index (χ1) is 11.2. The summed E-state index contributed by atoms with van der Waals surface area (Å²) in [5.74, 6) is 0.104. The van der Waals surface area contributed by atoms with Gasteiger partial charge in [-0.2, -0.15) is 4.98 Å². The second-order valence-corrected chi connectivity index (χ2v) is 5.86. The molecule has 3 aromatic rings. The Kier molecular flexibility index (Phi) is 3.31. The number of H-pyrrole nitrogens is 1. The van der Waals surface area contributed by atoms with Crippen molar-refractivity contribution in [1.29, 1.82) is 0 Å². The molecule has 0 radical (unpaired) electrons. The molecule has 4 rings (SSSR count). The van der Waals surface area contributed by atoms with Crippen molar-refractivity contribution in [3.63, 3.8) is 0 Å². The molecule has 1 aliphatic rings. The molecule has 0 unspecified atom stereocenters. The molecular weight excluding hydrogens is 290 g/mol. The Morgan fingerprint density at radius 3 is 2.87 bits per heavy atom. The van der Waals surface area contributed by atoms with Crippen molar-refractivity contribution >= 4 is 17.0 Å². The Bertz CT molecular complexity index is 919. The Morgan fingerprint density at radius 1 is 1.22 bits per heavy atom. The highest BCUT2D eigenvalue weighted by Crippen LogP contribution is 2.21. The van der Waals surface area contributed by atoms with Crippen LogP contribution in [-0.4, -0.2) is 26.4 Å². The summed E-state index contributed by atoms with van der Waals surface area (Å²) in [6, 6.07) is 12.3. The first kappa shape index (κ1) is 13.9. The van der Waals surface area contributed by atoms with Crippen LogP contribution in [0, 0.1) is 0 Å². The number of hydrogen-bond donors (Lipinski definition) is 2. The Morgan fingerprint density at radius 2 is 2.04 bits per heavy atom. The number of aromatic amines is 1. The summed E-state index contributed by atoms with van der Waals surface area (Å²) in [7, 11) is 0. The van der Waals surface area contributed by atoms with E-state index >= 15 is 0 Å². The average Bonchev–Trinajstić information content (AvgIpc) is 2.54. The van der Waals surface area contributed by atoms with Crippen LogP contribution in [-0.2, 0) is 19.5 Å². The van der Waals surface area contributed by atoms with Crippen molar-refractivity contribution in [2.45, 2.75) is 19.5 Å². The molecule has 3 N–H and O–H groups in total. The molecular formula is C17H17N5O. The second-order valence-electron chi connectivity index (χ2n) is 5.86. The van der Waals surface area contributed by atoms with Gasteiger partial charge in [-0.25, -0.2) is 4.98 Å². The molecule has 6 heteroatoms. The van der Waals surface area contributed by atoms with Gasteiger partial charge in [0.15, 0.2) is 5.65 Å². The number of aromatic nitrogens is 3. The van der Waals surface area contributed by atoms with Crippen molar-refractivity contribution < 1.29 is 0 Å². The standard InChI is InChI=1S/C17H17N5O/c18-17-20-15-13(16(23)21-17)8-12-6-7-22(10-14(12)19-15)9-11-4-2-1-3-5-11/h1-5,8H,6-7,9-10H2,(H3,18,19,20,21,23). The van der Waals surface area contributed by atoms with Crippen LogP contribution in [0.4, 0.5) is 5.95 Å². The highest BCUT2D eigenvalue weighted by atomic mass is 16.1. The van der Waals surface area contributed by atoms with Crippen molar-refractivity contribution in [2.75, 3.05) is 12.3 Å². The predicted molar refractivity (Wildman–Crippen MR) is 88.8 cm³/mol. The Balaban J connectivity index is 1.66. The molecule has 3 heterocycles. The number of benzene rings is 1. The van der Waals surface area contributed by atoms with E-state index in [0.29, 0.717) is 11.0 Å². The number of rotatable bonds is 2. The smallest absolute Gasteiger partial charge is 0.261 e. The molecule has 116 valence electrons. The van der Waals surface area contributed by atoms with Gasteiger partial charge >= 0.3 is 0 Å². The number of hydrogen-bond acceptors (Lipinski definition) is 5. The second kappa shape index (κ2) is 5.48. The van der Waals surface area contributed by atoms with Crippen molar-refractivity contribution in [2.24, 2.45) is 0 Å². The fraction of sp³-hybridized carbons (Fsp3) is 0.235. The molecule has 0 saturated heterocycles. The lowest BCUT2D eigenvalue weighted by Crippen LogP contribution is -2.31. The molecule has 0 spiro atoms. The SMILES string of the molecule is Nc1nc2nc3c(cc2c(=O)[nH]1)CCN(Cc1ccccc1)C3. The molecule has 1 aromatic carbocycles. The number of anilines is 1. The average molecular weight is 307 g/mol. The van der Waals surface area contributed by atoms with E-state index in [-0.39, 0.29) is 11.5 Å². The van der Waals surface area contributed by atoms with Crippen LogP contribution in [0.25, 0.3) is 11.0 Å². The number of nitrogens with one attached hydrogen (secondary N) is 1. The van der Waals surface area contributed by atoms with Gasteiger partial charge in [0, 0.05) is 19.6 Å². The van der Waals surface area contributed by atoms with E-state index in [9.17, 15) is 4.79 Å². The summed E-state index contributed by atoms with van der Waals surface area (Å²) < 4.78 is 0. The predicted octanol–water partition coefficient (Wildman–Crippen LogP) is 1.46. The highest BCUT2D eigenvalue weighted by molar-refractivity contribution is 5.75. The number of nitrogens with zero attached hydrogens (tertiary/aromatic N) is 3. The Hall–Kier alpha value is -2.73. The minimum absolute atomic E-state index is 0.104. The van der Waals surface area contributed by atoms with Gasteiger partial charge < -0.3 is 5.73 Å². The summed E-state index contributed by atoms with van der Waals surface area (Å²) in [5.41, 5.74) is 9.20. The Labute approximate surface area is 133 Å². The first-order valence-corrected chi connectivity index (χ1v) is 7.63. The molecule has 1 aliphatic heterocycles. The van der Waals surface area contributed by atoms with Crippen molar-refractivity contribution in [3.05, 3.63) is 63.6 Å². The summed E-state index contributed by atoms with van der Waals surface area (Å²) >= 11 is 0. The maximum Gasteiger partial charge on any atom is 0.261 e. The van der Waals surface area contributed by atoms with E-state index in [4.69, 9.17) is 5.73 Å². The molecule has 0 fully saturated rings. The molecule has 23 heavy (non-hydrogen) atoms. The fourth-order valence-electron chi connectivity index (χ4n) is 3.06. The minimum Gasteiger partial charge on any atom is -0.369 e. The van der Waals surface area contributed by atoms with Crippen LogP contribution in [0.2, 0.25) is 0 Å². The summed E-state index contributed by atoms with van der Waals surface area (Å²) in [4.78, 5) is 25.6. The lowest BCUT2D eigenvalue weighted by molar-refractivity contribution is 0.242. The van der Waals surface area contributed by atoms with Crippen LogP contribution >= 0.6 is 0 Å². The van der Waals surface area contributed by atoms with Gasteiger partial charge in [0.2, 0.25) is 5.95 Å². The monoisotopic (exact) mass is 307 g/mol. The van der Waals surface area contributed by atoms with Gasteiger partial charge in [0.25, 0.3) is 5.56 Å². The van der Waals surface area contributed by atoms with E-state index < -0.39 is 0 Å². The summed E-state index contributed by atoms with van der Waals surface area (Å²) in [5, 5.41) is 0.509. The van der Waals surface area contributed by atoms with Gasteiger partial charge in [-0.3, -0.25) is 14.7 Å². The molecule has 0 amide bonds. The van der Waals surface area contributed by atoms with Crippen LogP contribution in [0.5, 0.6) is 0 Å². The maximum absolute atomic E-state index is 12.0. The zero-order chi connectivity index (χ0) is 15.8. The molecule has 0 saturated carbocycles. The lowest BCUT2D eigenvalue weighted by atomic mass is 10.0. The third-order valence-electron chi connectivity index (χ3n) is 4.20. The third kappa shape index (κ3) is 2.68. The topological polar surface area (TPSA) is 87.9 Å². The number of nitrogens with two attached hydrogens (primary N) is 1. The third-order valence-corrected chi connectivity index (χ3v) is 4.20. The zero-order valence-electron chi connectivity index (χ0n) is 12.6.